The van der Waals surface area contributed by atoms with Crippen LogP contribution in [0.3, 0.4) is 0 Å². The van der Waals surface area contributed by atoms with Gasteiger partial charge in [0, 0.05) is 12.7 Å². The topological polar surface area (TPSA) is 88.5 Å². The lowest BCUT2D eigenvalue weighted by Gasteiger charge is -2.07. The van der Waals surface area contributed by atoms with Crippen molar-refractivity contribution in [2.75, 3.05) is 13.2 Å². The highest BCUT2D eigenvalue weighted by atomic mass is 16.5. The van der Waals surface area contributed by atoms with E-state index in [9.17, 15) is 9.59 Å². The predicted molar refractivity (Wildman–Crippen MR) is 59.9 cm³/mol. The summed E-state index contributed by atoms with van der Waals surface area (Å²) in [5, 5.41) is 11.3. The summed E-state index contributed by atoms with van der Waals surface area (Å²) in [5.74, 6) is -1.49. The van der Waals surface area contributed by atoms with Crippen molar-refractivity contribution in [3.8, 4) is 5.75 Å². The number of aromatic carboxylic acids is 1. The Morgan fingerprint density at radius 2 is 2.35 bits per heavy atom. The van der Waals surface area contributed by atoms with E-state index in [4.69, 9.17) is 9.84 Å². The summed E-state index contributed by atoms with van der Waals surface area (Å²) in [6, 6.07) is 2.97. The molecule has 0 atom stereocenters. The van der Waals surface area contributed by atoms with E-state index in [2.05, 4.69) is 16.9 Å². The number of hydrogen-bond acceptors (Lipinski definition) is 4. The van der Waals surface area contributed by atoms with Crippen LogP contribution in [0.1, 0.15) is 10.5 Å². The van der Waals surface area contributed by atoms with Gasteiger partial charge in [0.05, 0.1) is 0 Å². The highest BCUT2D eigenvalue weighted by Gasteiger charge is 2.13. The molecule has 0 aliphatic carbocycles. The largest absolute Gasteiger partial charge is 0.481 e. The summed E-state index contributed by atoms with van der Waals surface area (Å²) in [7, 11) is 0. The second-order valence-electron chi connectivity index (χ2n) is 3.04. The van der Waals surface area contributed by atoms with Gasteiger partial charge < -0.3 is 15.2 Å². The van der Waals surface area contributed by atoms with E-state index in [0.717, 1.165) is 0 Å². The number of carboxylic acids is 1. The summed E-state index contributed by atoms with van der Waals surface area (Å²) < 4.78 is 5.07. The van der Waals surface area contributed by atoms with Crippen molar-refractivity contribution < 1.29 is 19.4 Å². The summed E-state index contributed by atoms with van der Waals surface area (Å²) in [6.07, 6.45) is 2.87. The molecular formula is C11H12N2O4. The Morgan fingerprint density at radius 3 is 3.00 bits per heavy atom. The van der Waals surface area contributed by atoms with Crippen LogP contribution in [0.5, 0.6) is 5.75 Å². The molecule has 0 saturated heterocycles. The standard InChI is InChI=1S/C11H12N2O4/c1-2-5-12-9(14)7-17-8-4-3-6-13-10(8)11(15)16/h2-4,6H,1,5,7H2,(H,12,14)(H,15,16). The molecule has 0 aliphatic rings. The number of rotatable bonds is 6. The first-order valence-electron chi connectivity index (χ1n) is 4.84. The smallest absolute Gasteiger partial charge is 0.358 e. The van der Waals surface area contributed by atoms with E-state index in [0.29, 0.717) is 6.54 Å². The van der Waals surface area contributed by atoms with Gasteiger partial charge in [-0.2, -0.15) is 0 Å². The van der Waals surface area contributed by atoms with Crippen LogP contribution < -0.4 is 10.1 Å². The van der Waals surface area contributed by atoms with Gasteiger partial charge in [-0.3, -0.25) is 4.79 Å². The molecule has 6 heteroatoms. The summed E-state index contributed by atoms with van der Waals surface area (Å²) in [5.41, 5.74) is -0.218. The van der Waals surface area contributed by atoms with Gasteiger partial charge in [-0.1, -0.05) is 6.08 Å². The zero-order valence-corrected chi connectivity index (χ0v) is 9.05. The molecule has 6 nitrogen and oxygen atoms in total. The van der Waals surface area contributed by atoms with E-state index in [1.165, 1.54) is 24.4 Å². The third-order valence-electron chi connectivity index (χ3n) is 1.78. The van der Waals surface area contributed by atoms with E-state index >= 15 is 0 Å². The molecule has 90 valence electrons. The Labute approximate surface area is 97.9 Å². The third-order valence-corrected chi connectivity index (χ3v) is 1.78. The minimum Gasteiger partial charge on any atom is -0.481 e. The Morgan fingerprint density at radius 1 is 1.59 bits per heavy atom. The fourth-order valence-corrected chi connectivity index (χ4v) is 1.05. The minimum absolute atomic E-state index is 0.0637. The number of nitrogens with one attached hydrogen (secondary N) is 1. The number of carbonyl (C=O) groups excluding carboxylic acids is 1. The third kappa shape index (κ3) is 3.94. The first kappa shape index (κ1) is 12.7. The molecule has 0 fully saturated rings. The summed E-state index contributed by atoms with van der Waals surface area (Å²) in [4.78, 5) is 25.6. The van der Waals surface area contributed by atoms with Crippen LogP contribution in [0, 0.1) is 0 Å². The highest BCUT2D eigenvalue weighted by Crippen LogP contribution is 2.14. The molecule has 1 rings (SSSR count). The zero-order valence-electron chi connectivity index (χ0n) is 9.05. The number of pyridine rings is 1. The number of carboxylic acid groups (broad SMARTS) is 1. The van der Waals surface area contributed by atoms with Crippen molar-refractivity contribution in [1.29, 1.82) is 0 Å². The minimum atomic E-state index is -1.20. The molecule has 1 aromatic heterocycles. The van der Waals surface area contributed by atoms with Gasteiger partial charge in [0.15, 0.2) is 18.1 Å². The van der Waals surface area contributed by atoms with Crippen molar-refractivity contribution in [3.63, 3.8) is 0 Å². The second-order valence-corrected chi connectivity index (χ2v) is 3.04. The van der Waals surface area contributed by atoms with Gasteiger partial charge in [0.25, 0.3) is 5.91 Å². The van der Waals surface area contributed by atoms with Crippen LogP contribution in [0.4, 0.5) is 0 Å². The number of hydrogen-bond donors (Lipinski definition) is 2. The number of amides is 1. The molecule has 0 aromatic carbocycles. The van der Waals surface area contributed by atoms with Gasteiger partial charge in [0.1, 0.15) is 0 Å². The fourth-order valence-electron chi connectivity index (χ4n) is 1.05. The van der Waals surface area contributed by atoms with Crippen molar-refractivity contribution in [2.24, 2.45) is 0 Å². The first-order valence-corrected chi connectivity index (χ1v) is 4.84. The van der Waals surface area contributed by atoms with E-state index in [1.807, 2.05) is 0 Å². The first-order chi connectivity index (χ1) is 8.15. The quantitative estimate of drug-likeness (QED) is 0.700. The molecular weight excluding hydrogens is 224 g/mol. The van der Waals surface area contributed by atoms with Crippen LogP contribution in [0.15, 0.2) is 31.0 Å². The lowest BCUT2D eigenvalue weighted by Crippen LogP contribution is -2.29. The van der Waals surface area contributed by atoms with Gasteiger partial charge in [-0.15, -0.1) is 6.58 Å². The molecule has 0 spiro atoms. The van der Waals surface area contributed by atoms with Gasteiger partial charge in [-0.25, -0.2) is 9.78 Å². The van der Waals surface area contributed by atoms with Gasteiger partial charge >= 0.3 is 5.97 Å². The average Bonchev–Trinajstić information content (AvgIpc) is 2.34. The van der Waals surface area contributed by atoms with Gasteiger partial charge in [-0.05, 0) is 12.1 Å². The van der Waals surface area contributed by atoms with Crippen molar-refractivity contribution in [1.82, 2.24) is 10.3 Å². The normalized spacial score (nSPS) is 9.41. The van der Waals surface area contributed by atoms with Crippen LogP contribution in [0.2, 0.25) is 0 Å². The molecule has 1 amide bonds. The maximum absolute atomic E-state index is 11.2. The Hall–Kier alpha value is -2.37. The Bertz CT molecular complexity index is 431. The molecule has 0 bridgehead atoms. The predicted octanol–water partition coefficient (Wildman–Crippen LogP) is 0.461. The van der Waals surface area contributed by atoms with Crippen molar-refractivity contribution in [3.05, 3.63) is 36.7 Å². The maximum atomic E-state index is 11.2. The number of carbonyl (C=O) groups is 2. The van der Waals surface area contributed by atoms with E-state index in [1.54, 1.807) is 0 Å². The number of aromatic nitrogens is 1. The molecule has 1 aromatic rings. The Balaban J connectivity index is 2.60. The van der Waals surface area contributed by atoms with Crippen LogP contribution in [-0.4, -0.2) is 35.1 Å². The molecule has 0 aliphatic heterocycles. The zero-order chi connectivity index (χ0) is 12.7. The van der Waals surface area contributed by atoms with E-state index < -0.39 is 5.97 Å². The lowest BCUT2D eigenvalue weighted by molar-refractivity contribution is -0.122. The SMILES string of the molecule is C=CCNC(=O)COc1cccnc1C(=O)O. The molecule has 0 radical (unpaired) electrons. The van der Waals surface area contributed by atoms with Crippen LogP contribution in [0.25, 0.3) is 0 Å². The number of ether oxygens (including phenoxy) is 1. The lowest BCUT2D eigenvalue weighted by atomic mass is 10.3. The second kappa shape index (κ2) is 6.26. The average molecular weight is 236 g/mol. The van der Waals surface area contributed by atoms with Gasteiger partial charge in [0.2, 0.25) is 0 Å². The Kier molecular flexibility index (Phi) is 4.68. The molecule has 0 unspecified atom stereocenters. The molecule has 1 heterocycles. The van der Waals surface area contributed by atoms with Crippen molar-refractivity contribution >= 4 is 11.9 Å². The number of nitrogens with zero attached hydrogens (tertiary/aromatic N) is 1. The fraction of sp³-hybridized carbons (Fsp3) is 0.182. The van der Waals surface area contributed by atoms with E-state index in [-0.39, 0.29) is 24.0 Å². The summed E-state index contributed by atoms with van der Waals surface area (Å²) in [6.45, 7) is 3.52. The molecule has 2 N–H and O–H groups in total. The molecule has 0 saturated carbocycles. The van der Waals surface area contributed by atoms with Crippen LogP contribution in [-0.2, 0) is 4.79 Å². The van der Waals surface area contributed by atoms with Crippen LogP contribution >= 0.6 is 0 Å². The monoisotopic (exact) mass is 236 g/mol. The maximum Gasteiger partial charge on any atom is 0.358 e. The highest BCUT2D eigenvalue weighted by molar-refractivity contribution is 5.88. The van der Waals surface area contributed by atoms with Crippen molar-refractivity contribution in [2.45, 2.75) is 0 Å². The summed E-state index contributed by atoms with van der Waals surface area (Å²) >= 11 is 0. The molecule has 17 heavy (non-hydrogen) atoms.